The van der Waals surface area contributed by atoms with Crippen molar-refractivity contribution in [1.82, 2.24) is 0 Å². The molecule has 0 radical (unpaired) electrons. The molecule has 0 aromatic heterocycles. The van der Waals surface area contributed by atoms with Gasteiger partial charge in [-0.1, -0.05) is 15.9 Å². The second kappa shape index (κ2) is 6.20. The summed E-state index contributed by atoms with van der Waals surface area (Å²) in [4.78, 5) is 12.0. The van der Waals surface area contributed by atoms with Crippen molar-refractivity contribution in [2.24, 2.45) is 0 Å². The molecule has 0 saturated carbocycles. The molecule has 0 saturated heterocycles. The van der Waals surface area contributed by atoms with Crippen LogP contribution in [0.25, 0.3) is 0 Å². The van der Waals surface area contributed by atoms with Crippen LogP contribution in [-0.4, -0.2) is 11.4 Å². The van der Waals surface area contributed by atoms with Gasteiger partial charge in [0.25, 0.3) is 0 Å². The summed E-state index contributed by atoms with van der Waals surface area (Å²) in [6.45, 7) is 1.53. The normalized spacial score (nSPS) is 14.8. The van der Waals surface area contributed by atoms with E-state index in [0.29, 0.717) is 16.3 Å². The van der Waals surface area contributed by atoms with Gasteiger partial charge < -0.3 is 5.11 Å². The van der Waals surface area contributed by atoms with E-state index < -0.39 is 0 Å². The quantitative estimate of drug-likeness (QED) is 0.376. The van der Waals surface area contributed by atoms with E-state index in [1.165, 1.54) is 13.0 Å². The third-order valence-corrected chi connectivity index (χ3v) is 2.10. The van der Waals surface area contributed by atoms with Crippen LogP contribution < -0.4 is 0 Å². The fourth-order valence-corrected chi connectivity index (χ4v) is 1.01. The first-order valence-corrected chi connectivity index (χ1v) is 4.81. The summed E-state index contributed by atoms with van der Waals surface area (Å²) in [6, 6.07) is 0. The maximum Gasteiger partial charge on any atom is 0.150 e. The number of hydrogen-bond donors (Lipinski definition) is 1. The molecule has 0 spiro atoms. The lowest BCUT2D eigenvalue weighted by molar-refractivity contribution is -0.104. The van der Waals surface area contributed by atoms with Crippen LogP contribution in [0.2, 0.25) is 0 Å². The highest BCUT2D eigenvalue weighted by molar-refractivity contribution is 9.12. The minimum atomic E-state index is 0.136. The van der Waals surface area contributed by atoms with Crippen LogP contribution in [0.4, 0.5) is 0 Å². The molecule has 0 atom stereocenters. The Labute approximate surface area is 87.9 Å². The molecule has 0 aliphatic carbocycles. The highest BCUT2D eigenvalue weighted by Crippen LogP contribution is 2.13. The molecule has 0 unspecified atom stereocenters. The van der Waals surface area contributed by atoms with Crippen molar-refractivity contribution in [3.8, 4) is 0 Å². The molecule has 2 nitrogen and oxygen atoms in total. The molecule has 0 aliphatic rings. The predicted octanol–water partition coefficient (Wildman–Crippen LogP) is 3.20. The van der Waals surface area contributed by atoms with Crippen molar-refractivity contribution in [3.63, 3.8) is 0 Å². The number of aliphatic hydroxyl groups is 1. The Balaban J connectivity index is 4.72. The zero-order valence-electron chi connectivity index (χ0n) is 6.42. The summed E-state index contributed by atoms with van der Waals surface area (Å²) in [7, 11) is 0. The van der Waals surface area contributed by atoms with E-state index in [4.69, 9.17) is 5.11 Å². The maximum atomic E-state index is 10.4. The van der Waals surface area contributed by atoms with Crippen molar-refractivity contribution in [2.45, 2.75) is 6.92 Å². The molecule has 0 aromatic carbocycles. The third kappa shape index (κ3) is 4.51. The summed E-state index contributed by atoms with van der Waals surface area (Å²) >= 11 is 6.14. The summed E-state index contributed by atoms with van der Waals surface area (Å²) < 4.78 is 0.496. The first-order valence-electron chi connectivity index (χ1n) is 3.10. The minimum absolute atomic E-state index is 0.136. The average molecular weight is 296 g/mol. The predicted molar refractivity (Wildman–Crippen MR) is 56.5 cm³/mol. The Morgan fingerprint density at radius 2 is 2.08 bits per heavy atom. The number of rotatable bonds is 3. The van der Waals surface area contributed by atoms with Crippen molar-refractivity contribution >= 4 is 38.1 Å². The van der Waals surface area contributed by atoms with Crippen LogP contribution in [0.5, 0.6) is 0 Å². The zero-order valence-corrected chi connectivity index (χ0v) is 9.59. The number of aldehydes is 1. The Hall–Kier alpha value is -0.350. The smallest absolute Gasteiger partial charge is 0.150 e. The second-order valence-corrected chi connectivity index (χ2v) is 3.37. The van der Waals surface area contributed by atoms with E-state index in [-0.39, 0.29) is 5.76 Å². The van der Waals surface area contributed by atoms with Gasteiger partial charge in [-0.05, 0) is 40.0 Å². The highest BCUT2D eigenvalue weighted by Gasteiger charge is 1.94. The monoisotopic (exact) mass is 294 g/mol. The minimum Gasteiger partial charge on any atom is -0.511 e. The van der Waals surface area contributed by atoms with Gasteiger partial charge in [-0.15, -0.1) is 0 Å². The first kappa shape index (κ1) is 11.6. The molecule has 66 valence electrons. The van der Waals surface area contributed by atoms with Crippen molar-refractivity contribution < 1.29 is 9.90 Å². The lowest BCUT2D eigenvalue weighted by atomic mass is 10.2. The van der Waals surface area contributed by atoms with E-state index >= 15 is 0 Å². The van der Waals surface area contributed by atoms with Crippen LogP contribution in [-0.2, 0) is 4.79 Å². The van der Waals surface area contributed by atoms with Gasteiger partial charge in [0.2, 0.25) is 0 Å². The van der Waals surface area contributed by atoms with Gasteiger partial charge in [0.15, 0.2) is 0 Å². The molecular formula is C8H8Br2O2. The largest absolute Gasteiger partial charge is 0.511 e. The molecule has 4 heteroatoms. The van der Waals surface area contributed by atoms with E-state index in [1.807, 2.05) is 0 Å². The average Bonchev–Trinajstić information content (AvgIpc) is 2.03. The van der Waals surface area contributed by atoms with Crippen LogP contribution in [0.3, 0.4) is 0 Å². The third-order valence-electron chi connectivity index (χ3n) is 1.03. The van der Waals surface area contributed by atoms with E-state index in [2.05, 4.69) is 31.9 Å². The Kier molecular flexibility index (Phi) is 6.02. The Morgan fingerprint density at radius 3 is 2.42 bits per heavy atom. The van der Waals surface area contributed by atoms with Crippen molar-refractivity contribution in [1.29, 1.82) is 0 Å². The second-order valence-electron chi connectivity index (χ2n) is 1.99. The van der Waals surface area contributed by atoms with Crippen LogP contribution in [0.1, 0.15) is 6.92 Å². The number of hydrogen-bond acceptors (Lipinski definition) is 2. The Bertz CT molecular complexity index is 248. The van der Waals surface area contributed by atoms with E-state index in [0.717, 1.165) is 0 Å². The maximum absolute atomic E-state index is 10.4. The number of carbonyl (C=O) groups excluding carboxylic acids is 1. The summed E-state index contributed by atoms with van der Waals surface area (Å²) in [5.41, 5.74) is 0.465. The van der Waals surface area contributed by atoms with Crippen molar-refractivity contribution in [3.05, 3.63) is 33.0 Å². The molecule has 0 rings (SSSR count). The SMILES string of the molecule is C\C(O)=C(Br)/C=C(C=O)\C=C\Br. The van der Waals surface area contributed by atoms with Gasteiger partial charge in [0.1, 0.15) is 12.0 Å². The number of halogens is 2. The van der Waals surface area contributed by atoms with Gasteiger partial charge in [0.05, 0.1) is 4.48 Å². The topological polar surface area (TPSA) is 37.3 Å². The fraction of sp³-hybridized carbons (Fsp3) is 0.125. The number of carbonyl (C=O) groups is 1. The van der Waals surface area contributed by atoms with Gasteiger partial charge in [0, 0.05) is 5.57 Å². The van der Waals surface area contributed by atoms with Gasteiger partial charge in [-0.25, -0.2) is 0 Å². The molecule has 0 aromatic rings. The van der Waals surface area contributed by atoms with E-state index in [9.17, 15) is 4.79 Å². The molecule has 0 amide bonds. The van der Waals surface area contributed by atoms with Crippen LogP contribution in [0, 0.1) is 0 Å². The summed E-state index contributed by atoms with van der Waals surface area (Å²) in [5.74, 6) is 0.136. The fourth-order valence-electron chi connectivity index (χ4n) is 0.445. The first-order chi connectivity index (χ1) is 5.61. The van der Waals surface area contributed by atoms with E-state index in [1.54, 1.807) is 11.1 Å². The molecule has 1 N–H and O–H groups in total. The summed E-state index contributed by atoms with van der Waals surface area (Å²) in [6.07, 6.45) is 3.80. The standard InChI is InChI=1S/C8H8Br2O2/c1-6(12)8(10)4-7(5-11)2-3-9/h2-5,12H,1H3/b3-2+,7-4+,8-6-. The van der Waals surface area contributed by atoms with Gasteiger partial charge in [-0.2, -0.15) is 0 Å². The lowest BCUT2D eigenvalue weighted by Crippen LogP contribution is -1.81. The number of aliphatic hydroxyl groups excluding tert-OH is 1. The van der Waals surface area contributed by atoms with Gasteiger partial charge in [-0.3, -0.25) is 4.79 Å². The number of allylic oxidation sites excluding steroid dienone is 5. The Morgan fingerprint density at radius 1 is 1.50 bits per heavy atom. The van der Waals surface area contributed by atoms with Crippen molar-refractivity contribution in [2.75, 3.05) is 0 Å². The highest BCUT2D eigenvalue weighted by atomic mass is 79.9. The molecular weight excluding hydrogens is 288 g/mol. The molecule has 0 fully saturated rings. The van der Waals surface area contributed by atoms with Crippen LogP contribution in [0.15, 0.2) is 33.0 Å². The zero-order chi connectivity index (χ0) is 9.56. The molecule has 0 bridgehead atoms. The van der Waals surface area contributed by atoms with Crippen LogP contribution >= 0.6 is 31.9 Å². The molecule has 12 heavy (non-hydrogen) atoms. The van der Waals surface area contributed by atoms with Gasteiger partial charge >= 0.3 is 0 Å². The summed E-state index contributed by atoms with van der Waals surface area (Å²) in [5, 5.41) is 8.97. The molecule has 0 aliphatic heterocycles. The lowest BCUT2D eigenvalue weighted by Gasteiger charge is -1.93. The molecule has 0 heterocycles.